The summed E-state index contributed by atoms with van der Waals surface area (Å²) in [6, 6.07) is 0. The molecule has 25 nitrogen and oxygen atoms in total. The fourth-order valence-corrected chi connectivity index (χ4v) is 17.5. The number of hydrogen-bond acceptors (Lipinski definition) is 25. The number of allylic oxidation sites excluding steroid dienone is 2. The summed E-state index contributed by atoms with van der Waals surface area (Å²) in [5.74, 6) is -0.239. The van der Waals surface area contributed by atoms with Gasteiger partial charge in [-0.3, -0.25) is 4.79 Å². The zero-order chi connectivity index (χ0) is 60.4. The molecule has 5 aliphatic heterocycles. The predicted molar refractivity (Wildman–Crippen MR) is 282 cm³/mol. The van der Waals surface area contributed by atoms with Crippen molar-refractivity contribution in [3.05, 3.63) is 11.6 Å². The number of esters is 1. The summed E-state index contributed by atoms with van der Waals surface area (Å²) >= 11 is 0. The lowest BCUT2D eigenvalue weighted by molar-refractivity contribution is -0.383. The van der Waals surface area contributed by atoms with E-state index in [0.717, 1.165) is 32.1 Å². The van der Waals surface area contributed by atoms with Gasteiger partial charge in [-0.1, -0.05) is 60.1 Å². The second kappa shape index (κ2) is 23.9. The molecule has 5 saturated heterocycles. The second-order valence-corrected chi connectivity index (χ2v) is 27.6. The van der Waals surface area contributed by atoms with E-state index in [4.69, 9.17) is 47.4 Å². The van der Waals surface area contributed by atoms with E-state index < -0.39 is 177 Å². The van der Waals surface area contributed by atoms with E-state index in [9.17, 15) is 71.5 Å². The van der Waals surface area contributed by atoms with Gasteiger partial charge in [0.1, 0.15) is 104 Å². The van der Waals surface area contributed by atoms with Crippen molar-refractivity contribution in [2.75, 3.05) is 26.4 Å². The highest BCUT2D eigenvalue weighted by Gasteiger charge is 2.71. The van der Waals surface area contributed by atoms with Crippen LogP contribution in [0.15, 0.2) is 11.6 Å². The summed E-state index contributed by atoms with van der Waals surface area (Å²) in [5.41, 5.74) is -1.14. The molecule has 5 heterocycles. The third-order valence-corrected chi connectivity index (χ3v) is 23.0. The second-order valence-electron chi connectivity index (χ2n) is 27.6. The fourth-order valence-electron chi connectivity index (χ4n) is 17.5. The smallest absolute Gasteiger partial charge is 0.315 e. The van der Waals surface area contributed by atoms with Crippen LogP contribution in [0.5, 0.6) is 0 Å². The van der Waals surface area contributed by atoms with Crippen molar-refractivity contribution < 1.29 is 124 Å². The topological polar surface area (TPSA) is 393 Å². The molecular weight excluding hydrogens is 1100 g/mol. The molecule has 5 aliphatic carbocycles. The molecule has 0 aromatic heterocycles. The summed E-state index contributed by atoms with van der Waals surface area (Å²) in [7, 11) is 0. The molecule has 33 atom stereocenters. The Balaban J connectivity index is 0.873. The van der Waals surface area contributed by atoms with Crippen LogP contribution >= 0.6 is 0 Å². The Hall–Kier alpha value is -1.71. The highest BCUT2D eigenvalue weighted by molar-refractivity contribution is 5.79. The van der Waals surface area contributed by atoms with Crippen molar-refractivity contribution in [1.29, 1.82) is 0 Å². The number of ether oxygens (including phenoxy) is 10. The average Bonchev–Trinajstić information content (AvgIpc) is 3.21. The maximum atomic E-state index is 15.2. The predicted octanol–water partition coefficient (Wildman–Crippen LogP) is -2.05. The van der Waals surface area contributed by atoms with Crippen LogP contribution in [0.4, 0.5) is 0 Å². The minimum Gasteiger partial charge on any atom is -0.432 e. The van der Waals surface area contributed by atoms with Crippen LogP contribution in [0.3, 0.4) is 0 Å². The Labute approximate surface area is 483 Å². The third-order valence-electron chi connectivity index (χ3n) is 23.0. The van der Waals surface area contributed by atoms with E-state index in [0.29, 0.717) is 25.7 Å². The van der Waals surface area contributed by atoms with Gasteiger partial charge in [-0.05, 0) is 116 Å². The first-order valence-electron chi connectivity index (χ1n) is 30.1. The number of carbonyl (C=O) groups excluding carboxylic acids is 1. The summed E-state index contributed by atoms with van der Waals surface area (Å²) in [5, 5.41) is 150. The van der Waals surface area contributed by atoms with Crippen molar-refractivity contribution in [3.63, 3.8) is 0 Å². The first kappa shape index (κ1) is 64.3. The van der Waals surface area contributed by atoms with E-state index in [1.807, 2.05) is 0 Å². The van der Waals surface area contributed by atoms with Crippen LogP contribution in [-0.2, 0) is 52.2 Å². The van der Waals surface area contributed by atoms with E-state index in [-0.39, 0.29) is 59.0 Å². The molecule has 0 amide bonds. The van der Waals surface area contributed by atoms with Gasteiger partial charge in [-0.25, -0.2) is 0 Å². The normalized spacial score (nSPS) is 55.4. The summed E-state index contributed by atoms with van der Waals surface area (Å²) in [6.07, 6.45) is -27.7. The number of aliphatic hydroxyl groups is 14. The highest BCUT2D eigenvalue weighted by Crippen LogP contribution is 2.76. The van der Waals surface area contributed by atoms with Crippen LogP contribution in [0, 0.1) is 56.7 Å². The summed E-state index contributed by atoms with van der Waals surface area (Å²) < 4.78 is 60.5. The lowest BCUT2D eigenvalue weighted by atomic mass is 9.33. The number of hydrogen-bond donors (Lipinski definition) is 14. The molecular formula is C58H94O25. The van der Waals surface area contributed by atoms with E-state index in [1.54, 1.807) is 0 Å². The molecule has 0 bridgehead atoms. The molecule has 0 aromatic rings. The van der Waals surface area contributed by atoms with Crippen LogP contribution in [-0.4, -0.2) is 251 Å². The minimum absolute atomic E-state index is 0.0405. The lowest BCUT2D eigenvalue weighted by Crippen LogP contribution is -2.67. The van der Waals surface area contributed by atoms with Gasteiger partial charge in [0.2, 0.25) is 6.29 Å². The molecule has 9 fully saturated rings. The molecule has 476 valence electrons. The lowest BCUT2D eigenvalue weighted by Gasteiger charge is -2.71. The van der Waals surface area contributed by atoms with Gasteiger partial charge in [0, 0.05) is 0 Å². The minimum atomic E-state index is -1.84. The molecule has 14 N–H and O–H groups in total. The average molecular weight is 1190 g/mol. The molecule has 10 rings (SSSR count). The first-order valence-corrected chi connectivity index (χ1v) is 30.1. The van der Waals surface area contributed by atoms with Gasteiger partial charge in [-0.15, -0.1) is 0 Å². The Bertz CT molecular complexity index is 2300. The molecule has 0 spiro atoms. The van der Waals surface area contributed by atoms with Crippen LogP contribution < -0.4 is 0 Å². The molecule has 25 heteroatoms. The number of fused-ring (bicyclic) bond motifs is 7. The first-order chi connectivity index (χ1) is 39.0. The molecule has 4 saturated carbocycles. The van der Waals surface area contributed by atoms with Gasteiger partial charge >= 0.3 is 5.97 Å². The molecule has 83 heavy (non-hydrogen) atoms. The maximum absolute atomic E-state index is 15.2. The Morgan fingerprint density at radius 3 is 1.87 bits per heavy atom. The zero-order valence-corrected chi connectivity index (χ0v) is 48.8. The third kappa shape index (κ3) is 10.7. The molecule has 10 aliphatic rings. The molecule has 0 aromatic carbocycles. The van der Waals surface area contributed by atoms with Gasteiger partial charge in [-0.2, -0.15) is 0 Å². The Morgan fingerprint density at radius 2 is 1.17 bits per heavy atom. The van der Waals surface area contributed by atoms with E-state index >= 15 is 4.79 Å². The molecule has 0 unspecified atom stereocenters. The highest BCUT2D eigenvalue weighted by atomic mass is 16.8. The standard InChI is InChI=1S/C58H94O25/c1-23-11-16-58(53(73)83-51-45(72)41(68)38(65)30(79-51)22-76-48-43(70)40(67)37(64)29(19-59)78-48)18-17-56(7)26(34(58)24(23)2)9-10-32-55(6)14-13-33(54(4,5)31(55)12-15-57(32,56)8)80-52-47(82-50-44(71)39(66)35(62)25(3)77-50)46(28(61)21-75-52)81-49-42(69)36(63)27(60)20-74-49/h9,23-25,27-52,59-72H,10-22H2,1-8H3/t23-,24+,25+,27+,28-,29-,30-,31+,32-,33+,34+,35+,36+,37-,38-,39-,40+,41+,42-,43-,44-,45-,46+,47-,48-,49+,50+,51+,52+,55+,56-,57-,58+/m1/s1. The SMILES string of the molecule is C[C@H]1[C@H](C)CC[C@]2(C(=O)O[C@@H]3O[C@H](CO[C@@H]4O[C@H](CO)[C@@H](O)[C@H](O)[C@H]4O)[C@@H](O)[C@H](O)[C@H]3O)CC[C@]3(C)C(=CC[C@@H]4[C@@]5(C)CC[C@H](O[C@@H]6OC[C@@H](O)[C@H](O[C@@H]7OC[C@H](O)[C@H](O)[C@H]7O)[C@H]6O[C@@H]6O[C@@H](C)[C@H](O)[C@@H](O)[C@H]6O)C(C)(C)[C@@H]5CC[C@]43C)[C@H]12. The zero-order valence-electron chi connectivity index (χ0n) is 48.8. The van der Waals surface area contributed by atoms with Gasteiger partial charge in [0.05, 0.1) is 44.1 Å². The Kier molecular flexibility index (Phi) is 18.5. The van der Waals surface area contributed by atoms with Crippen molar-refractivity contribution in [3.8, 4) is 0 Å². The summed E-state index contributed by atoms with van der Waals surface area (Å²) in [4.78, 5) is 15.2. The number of rotatable bonds is 12. The summed E-state index contributed by atoms with van der Waals surface area (Å²) in [6.45, 7) is 15.5. The van der Waals surface area contributed by atoms with Crippen LogP contribution in [0.1, 0.15) is 113 Å². The van der Waals surface area contributed by atoms with Crippen LogP contribution in [0.25, 0.3) is 0 Å². The van der Waals surface area contributed by atoms with Gasteiger partial charge < -0.3 is 119 Å². The van der Waals surface area contributed by atoms with Gasteiger partial charge in [0.15, 0.2) is 25.2 Å². The van der Waals surface area contributed by atoms with E-state index in [1.165, 1.54) is 12.5 Å². The maximum Gasteiger partial charge on any atom is 0.315 e. The fraction of sp³-hybridized carbons (Fsp3) is 0.948. The monoisotopic (exact) mass is 1190 g/mol. The van der Waals surface area contributed by atoms with E-state index in [2.05, 4.69) is 54.5 Å². The van der Waals surface area contributed by atoms with Crippen molar-refractivity contribution >= 4 is 5.97 Å². The number of carbonyl (C=O) groups is 1. The Morgan fingerprint density at radius 1 is 0.566 bits per heavy atom. The van der Waals surface area contributed by atoms with Crippen LogP contribution in [0.2, 0.25) is 0 Å². The van der Waals surface area contributed by atoms with Gasteiger partial charge in [0.25, 0.3) is 0 Å². The largest absolute Gasteiger partial charge is 0.432 e. The van der Waals surface area contributed by atoms with Crippen molar-refractivity contribution in [2.45, 2.75) is 261 Å². The quantitative estimate of drug-likeness (QED) is 0.0568. The number of aliphatic hydroxyl groups excluding tert-OH is 14. The van der Waals surface area contributed by atoms with Crippen molar-refractivity contribution in [1.82, 2.24) is 0 Å². The van der Waals surface area contributed by atoms with Crippen molar-refractivity contribution in [2.24, 2.45) is 56.7 Å². The molecule has 0 radical (unpaired) electrons.